The molecule has 0 aliphatic carbocycles. The SMILES string of the molecule is CCn1c(Cl)nc2cc(C(=O)NC(C)C)ccc21. The molecule has 2 rings (SSSR count). The first-order chi connectivity index (χ1) is 8.52. The van der Waals surface area contributed by atoms with Crippen LogP contribution in [-0.2, 0) is 6.54 Å². The maximum absolute atomic E-state index is 11.9. The third-order valence-corrected chi connectivity index (χ3v) is 2.99. The lowest BCUT2D eigenvalue weighted by atomic mass is 10.2. The van der Waals surface area contributed by atoms with Crippen molar-refractivity contribution < 1.29 is 4.79 Å². The molecule has 0 saturated heterocycles. The molecule has 1 aromatic carbocycles. The number of carbonyl (C=O) groups is 1. The molecule has 0 radical (unpaired) electrons. The third-order valence-electron chi connectivity index (χ3n) is 2.70. The van der Waals surface area contributed by atoms with Gasteiger partial charge in [-0.25, -0.2) is 4.98 Å². The molecule has 1 heterocycles. The molecular weight excluding hydrogens is 250 g/mol. The second-order valence-electron chi connectivity index (χ2n) is 4.46. The van der Waals surface area contributed by atoms with E-state index < -0.39 is 0 Å². The zero-order valence-corrected chi connectivity index (χ0v) is 11.5. The van der Waals surface area contributed by atoms with Gasteiger partial charge in [0, 0.05) is 18.2 Å². The van der Waals surface area contributed by atoms with Crippen LogP contribution in [0.5, 0.6) is 0 Å². The van der Waals surface area contributed by atoms with E-state index in [2.05, 4.69) is 10.3 Å². The van der Waals surface area contributed by atoms with Crippen molar-refractivity contribution in [1.82, 2.24) is 14.9 Å². The van der Waals surface area contributed by atoms with Gasteiger partial charge in [-0.15, -0.1) is 0 Å². The summed E-state index contributed by atoms with van der Waals surface area (Å²) >= 11 is 6.04. The molecule has 4 nitrogen and oxygen atoms in total. The van der Waals surface area contributed by atoms with E-state index in [1.54, 1.807) is 12.1 Å². The number of nitrogens with zero attached hydrogens (tertiary/aromatic N) is 2. The molecule has 0 unspecified atom stereocenters. The lowest BCUT2D eigenvalue weighted by Gasteiger charge is -2.08. The predicted molar refractivity (Wildman–Crippen MR) is 73.0 cm³/mol. The van der Waals surface area contributed by atoms with Gasteiger partial charge in [0.2, 0.25) is 5.28 Å². The Labute approximate surface area is 111 Å². The first-order valence-corrected chi connectivity index (χ1v) is 6.37. The Morgan fingerprint density at radius 1 is 1.50 bits per heavy atom. The first kappa shape index (κ1) is 12.9. The number of aryl methyl sites for hydroxylation is 1. The number of hydrogen-bond donors (Lipinski definition) is 1. The molecule has 0 spiro atoms. The average molecular weight is 266 g/mol. The van der Waals surface area contributed by atoms with Crippen LogP contribution < -0.4 is 5.32 Å². The molecule has 0 aliphatic heterocycles. The number of imidazole rings is 1. The van der Waals surface area contributed by atoms with E-state index in [1.807, 2.05) is 31.4 Å². The summed E-state index contributed by atoms with van der Waals surface area (Å²) in [5.74, 6) is -0.0888. The fourth-order valence-electron chi connectivity index (χ4n) is 1.89. The van der Waals surface area contributed by atoms with Crippen LogP contribution in [0.15, 0.2) is 18.2 Å². The minimum absolute atomic E-state index is 0.0888. The van der Waals surface area contributed by atoms with E-state index >= 15 is 0 Å². The van der Waals surface area contributed by atoms with Gasteiger partial charge in [-0.05, 0) is 50.6 Å². The van der Waals surface area contributed by atoms with Crippen molar-refractivity contribution in [2.75, 3.05) is 0 Å². The molecule has 0 bridgehead atoms. The molecule has 2 aromatic rings. The van der Waals surface area contributed by atoms with Gasteiger partial charge in [0.25, 0.3) is 5.91 Å². The molecule has 1 amide bonds. The van der Waals surface area contributed by atoms with Crippen LogP contribution in [0.1, 0.15) is 31.1 Å². The number of benzene rings is 1. The normalized spacial score (nSPS) is 11.2. The number of carbonyl (C=O) groups excluding carboxylic acids is 1. The van der Waals surface area contributed by atoms with E-state index in [9.17, 15) is 4.79 Å². The monoisotopic (exact) mass is 265 g/mol. The van der Waals surface area contributed by atoms with E-state index in [4.69, 9.17) is 11.6 Å². The van der Waals surface area contributed by atoms with Gasteiger partial charge in [-0.2, -0.15) is 0 Å². The zero-order chi connectivity index (χ0) is 13.3. The summed E-state index contributed by atoms with van der Waals surface area (Å²) in [5.41, 5.74) is 2.30. The standard InChI is InChI=1S/C13H16ClN3O/c1-4-17-11-6-5-9(12(18)15-8(2)3)7-10(11)16-13(17)14/h5-8H,4H2,1-3H3,(H,15,18). The van der Waals surface area contributed by atoms with Crippen LogP contribution in [0, 0.1) is 0 Å². The Morgan fingerprint density at radius 3 is 2.83 bits per heavy atom. The minimum atomic E-state index is -0.0888. The topological polar surface area (TPSA) is 46.9 Å². The molecule has 1 aromatic heterocycles. The van der Waals surface area contributed by atoms with Gasteiger partial charge >= 0.3 is 0 Å². The van der Waals surface area contributed by atoms with Crippen LogP contribution in [-0.4, -0.2) is 21.5 Å². The van der Waals surface area contributed by atoms with Crippen molar-refractivity contribution in [3.05, 3.63) is 29.0 Å². The van der Waals surface area contributed by atoms with Gasteiger partial charge in [-0.1, -0.05) is 0 Å². The lowest BCUT2D eigenvalue weighted by Crippen LogP contribution is -2.29. The number of amides is 1. The number of hydrogen-bond acceptors (Lipinski definition) is 2. The first-order valence-electron chi connectivity index (χ1n) is 5.99. The summed E-state index contributed by atoms with van der Waals surface area (Å²) in [7, 11) is 0. The summed E-state index contributed by atoms with van der Waals surface area (Å²) in [5, 5.41) is 3.31. The smallest absolute Gasteiger partial charge is 0.251 e. The second-order valence-corrected chi connectivity index (χ2v) is 4.79. The Balaban J connectivity index is 2.42. The molecule has 0 fully saturated rings. The van der Waals surface area contributed by atoms with E-state index in [0.717, 1.165) is 17.6 Å². The number of aromatic nitrogens is 2. The van der Waals surface area contributed by atoms with Gasteiger partial charge < -0.3 is 9.88 Å². The Morgan fingerprint density at radius 2 is 2.22 bits per heavy atom. The molecular formula is C13H16ClN3O. The van der Waals surface area contributed by atoms with Crippen LogP contribution in [0.2, 0.25) is 5.28 Å². The summed E-state index contributed by atoms with van der Waals surface area (Å²) in [6.07, 6.45) is 0. The van der Waals surface area contributed by atoms with Gasteiger partial charge in [-0.3, -0.25) is 4.79 Å². The van der Waals surface area contributed by atoms with Crippen molar-refractivity contribution in [2.24, 2.45) is 0 Å². The zero-order valence-electron chi connectivity index (χ0n) is 10.7. The van der Waals surface area contributed by atoms with Crippen molar-refractivity contribution >= 4 is 28.5 Å². The van der Waals surface area contributed by atoms with Crippen LogP contribution in [0.25, 0.3) is 11.0 Å². The van der Waals surface area contributed by atoms with Crippen LogP contribution in [0.3, 0.4) is 0 Å². The highest BCUT2D eigenvalue weighted by atomic mass is 35.5. The van der Waals surface area contributed by atoms with E-state index in [-0.39, 0.29) is 11.9 Å². The molecule has 5 heteroatoms. The largest absolute Gasteiger partial charge is 0.350 e. The van der Waals surface area contributed by atoms with Gasteiger partial charge in [0.1, 0.15) is 0 Å². The van der Waals surface area contributed by atoms with E-state index in [0.29, 0.717) is 10.8 Å². The molecule has 1 N–H and O–H groups in total. The summed E-state index contributed by atoms with van der Waals surface area (Å²) < 4.78 is 1.90. The second kappa shape index (κ2) is 4.98. The fraction of sp³-hybridized carbons (Fsp3) is 0.385. The highest BCUT2D eigenvalue weighted by Gasteiger charge is 2.12. The predicted octanol–water partition coefficient (Wildman–Crippen LogP) is 2.85. The quantitative estimate of drug-likeness (QED) is 0.928. The summed E-state index contributed by atoms with van der Waals surface area (Å²) in [6, 6.07) is 5.56. The molecule has 96 valence electrons. The van der Waals surface area contributed by atoms with Crippen molar-refractivity contribution in [1.29, 1.82) is 0 Å². The Hall–Kier alpha value is -1.55. The average Bonchev–Trinajstić information content (AvgIpc) is 2.62. The number of rotatable bonds is 3. The number of nitrogens with one attached hydrogen (secondary N) is 1. The summed E-state index contributed by atoms with van der Waals surface area (Å²) in [4.78, 5) is 16.1. The minimum Gasteiger partial charge on any atom is -0.350 e. The molecule has 0 aliphatic rings. The van der Waals surface area contributed by atoms with Gasteiger partial charge in [0.15, 0.2) is 0 Å². The number of halogens is 1. The van der Waals surface area contributed by atoms with E-state index in [1.165, 1.54) is 0 Å². The van der Waals surface area contributed by atoms with Crippen molar-refractivity contribution in [3.63, 3.8) is 0 Å². The van der Waals surface area contributed by atoms with Gasteiger partial charge in [0.05, 0.1) is 11.0 Å². The van der Waals surface area contributed by atoms with Crippen molar-refractivity contribution in [3.8, 4) is 0 Å². The Kier molecular flexibility index (Phi) is 3.57. The van der Waals surface area contributed by atoms with Crippen LogP contribution >= 0.6 is 11.6 Å². The molecule has 0 saturated carbocycles. The third kappa shape index (κ3) is 2.34. The lowest BCUT2D eigenvalue weighted by molar-refractivity contribution is 0.0943. The van der Waals surface area contributed by atoms with Crippen LogP contribution in [0.4, 0.5) is 0 Å². The maximum atomic E-state index is 11.9. The molecule has 18 heavy (non-hydrogen) atoms. The maximum Gasteiger partial charge on any atom is 0.251 e. The fourth-order valence-corrected chi connectivity index (χ4v) is 2.19. The highest BCUT2D eigenvalue weighted by molar-refractivity contribution is 6.29. The Bertz CT molecular complexity index is 589. The number of fused-ring (bicyclic) bond motifs is 1. The highest BCUT2D eigenvalue weighted by Crippen LogP contribution is 2.20. The molecule has 0 atom stereocenters. The van der Waals surface area contributed by atoms with Crippen molar-refractivity contribution in [2.45, 2.75) is 33.4 Å². The summed E-state index contributed by atoms with van der Waals surface area (Å²) in [6.45, 7) is 6.62.